The highest BCUT2D eigenvalue weighted by Crippen LogP contribution is 2.39. The molecule has 0 unspecified atom stereocenters. The van der Waals surface area contributed by atoms with Crippen molar-refractivity contribution in [2.45, 2.75) is 57.6 Å². The van der Waals surface area contributed by atoms with Crippen LogP contribution in [0.2, 0.25) is 0 Å². The number of ketones is 1. The molecule has 0 aliphatic carbocycles. The predicted octanol–water partition coefficient (Wildman–Crippen LogP) is 0.403. The van der Waals surface area contributed by atoms with Crippen molar-refractivity contribution >= 4 is 11.8 Å². The van der Waals surface area contributed by atoms with Crippen molar-refractivity contribution in [1.82, 2.24) is 0 Å². The van der Waals surface area contributed by atoms with Gasteiger partial charge in [0.15, 0.2) is 17.9 Å². The van der Waals surface area contributed by atoms with E-state index in [2.05, 4.69) is 5.92 Å². The number of hydrogen-bond acceptors (Lipinski definition) is 7. The van der Waals surface area contributed by atoms with Crippen molar-refractivity contribution in [2.24, 2.45) is 0 Å². The van der Waals surface area contributed by atoms with Gasteiger partial charge in [-0.3, -0.25) is 9.59 Å². The largest absolute Gasteiger partial charge is 0.466 e. The Hall–Kier alpha value is -1.46. The molecule has 7 heteroatoms. The molecule has 2 aliphatic heterocycles. The minimum absolute atomic E-state index is 0.00419. The average Bonchev–Trinajstić information content (AvgIpc) is 2.88. The van der Waals surface area contributed by atoms with Crippen LogP contribution in [0.25, 0.3) is 0 Å². The molecule has 0 aromatic rings. The third kappa shape index (κ3) is 3.65. The van der Waals surface area contributed by atoms with E-state index in [9.17, 15) is 9.59 Å². The summed E-state index contributed by atoms with van der Waals surface area (Å²) in [5, 5.41) is 0. The fraction of sp³-hybridized carbons (Fsp3) is 0.733. The van der Waals surface area contributed by atoms with Crippen LogP contribution < -0.4 is 0 Å². The van der Waals surface area contributed by atoms with Gasteiger partial charge in [-0.1, -0.05) is 5.92 Å². The van der Waals surface area contributed by atoms with Crippen LogP contribution in [0.3, 0.4) is 0 Å². The maximum Gasteiger partial charge on any atom is 0.313 e. The van der Waals surface area contributed by atoms with Crippen LogP contribution in [-0.2, 0) is 33.3 Å². The van der Waals surface area contributed by atoms with Gasteiger partial charge in [0.1, 0.15) is 31.3 Å². The number of hydrogen-bond donors (Lipinski definition) is 0. The Balaban J connectivity index is 2.06. The summed E-state index contributed by atoms with van der Waals surface area (Å²) in [6.45, 7) is 5.36. The maximum absolute atomic E-state index is 12.2. The minimum Gasteiger partial charge on any atom is -0.466 e. The summed E-state index contributed by atoms with van der Waals surface area (Å²) in [7, 11) is 0. The van der Waals surface area contributed by atoms with Crippen LogP contribution >= 0.6 is 0 Å². The molecule has 0 radical (unpaired) electrons. The normalized spacial score (nSPS) is 32.3. The van der Waals surface area contributed by atoms with Crippen molar-refractivity contribution in [3.8, 4) is 12.3 Å². The van der Waals surface area contributed by atoms with Gasteiger partial charge in [0.2, 0.25) is 0 Å². The summed E-state index contributed by atoms with van der Waals surface area (Å²) < 4.78 is 27.1. The lowest BCUT2D eigenvalue weighted by atomic mass is 10.0. The lowest BCUT2D eigenvalue weighted by Gasteiger charge is -2.24. The summed E-state index contributed by atoms with van der Waals surface area (Å²) in [5.41, 5.74) is 0. The Bertz CT molecular complexity index is 479. The van der Waals surface area contributed by atoms with E-state index in [1.165, 1.54) is 0 Å². The van der Waals surface area contributed by atoms with E-state index in [-0.39, 0.29) is 13.2 Å². The summed E-state index contributed by atoms with van der Waals surface area (Å²) >= 11 is 0. The molecule has 0 N–H and O–H groups in total. The second-order valence-corrected chi connectivity index (χ2v) is 5.45. The summed E-state index contributed by atoms with van der Waals surface area (Å²) in [5.74, 6) is 0.457. The van der Waals surface area contributed by atoms with Crippen molar-refractivity contribution < 1.29 is 33.3 Å². The Kier molecular flexibility index (Phi) is 5.19. The van der Waals surface area contributed by atoms with Crippen molar-refractivity contribution in [3.05, 3.63) is 0 Å². The molecule has 2 saturated heterocycles. The van der Waals surface area contributed by atoms with Crippen molar-refractivity contribution in [2.75, 3.05) is 13.2 Å². The molecule has 0 aromatic carbocycles. The number of terminal acetylenes is 1. The molecule has 0 aromatic heterocycles. The first-order chi connectivity index (χ1) is 10.4. The smallest absolute Gasteiger partial charge is 0.313 e. The van der Waals surface area contributed by atoms with E-state index >= 15 is 0 Å². The minimum atomic E-state index is -0.969. The molecular weight excluding hydrogens is 292 g/mol. The number of esters is 1. The quantitative estimate of drug-likeness (QED) is 0.399. The number of carbonyl (C=O) groups excluding carboxylic acids is 2. The second kappa shape index (κ2) is 6.75. The molecule has 122 valence electrons. The topological polar surface area (TPSA) is 80.3 Å². The van der Waals surface area contributed by atoms with Gasteiger partial charge in [0.05, 0.1) is 6.61 Å². The fourth-order valence-corrected chi connectivity index (χ4v) is 2.52. The van der Waals surface area contributed by atoms with Gasteiger partial charge < -0.3 is 23.7 Å². The van der Waals surface area contributed by atoms with Crippen LogP contribution in [0.5, 0.6) is 0 Å². The zero-order valence-corrected chi connectivity index (χ0v) is 12.9. The van der Waals surface area contributed by atoms with E-state index in [1.807, 2.05) is 0 Å². The lowest BCUT2D eigenvalue weighted by molar-refractivity contribution is -0.217. The molecule has 2 fully saturated rings. The predicted molar refractivity (Wildman–Crippen MR) is 73.5 cm³/mol. The van der Waals surface area contributed by atoms with Crippen molar-refractivity contribution in [3.63, 3.8) is 0 Å². The molecule has 0 amide bonds. The molecular formula is C15H20O7. The summed E-state index contributed by atoms with van der Waals surface area (Å²) in [6, 6.07) is 0. The third-order valence-corrected chi connectivity index (χ3v) is 3.29. The Labute approximate surface area is 129 Å². The van der Waals surface area contributed by atoms with Crippen molar-refractivity contribution in [1.29, 1.82) is 0 Å². The number of carbonyl (C=O) groups is 2. The van der Waals surface area contributed by atoms with E-state index in [0.29, 0.717) is 0 Å². The fourth-order valence-electron chi connectivity index (χ4n) is 2.52. The average molecular weight is 312 g/mol. The van der Waals surface area contributed by atoms with Gasteiger partial charge >= 0.3 is 5.97 Å². The van der Waals surface area contributed by atoms with Crippen LogP contribution in [0.15, 0.2) is 0 Å². The highest BCUT2D eigenvalue weighted by Gasteiger charge is 2.57. The molecule has 0 bridgehead atoms. The van der Waals surface area contributed by atoms with Gasteiger partial charge in [-0.25, -0.2) is 0 Å². The highest BCUT2D eigenvalue weighted by atomic mass is 16.8. The third-order valence-electron chi connectivity index (χ3n) is 3.29. The van der Waals surface area contributed by atoms with Gasteiger partial charge in [0.25, 0.3) is 0 Å². The first-order valence-corrected chi connectivity index (χ1v) is 7.12. The zero-order chi connectivity index (χ0) is 16.3. The molecule has 0 saturated carbocycles. The number of rotatable bonds is 6. The van der Waals surface area contributed by atoms with Crippen LogP contribution in [0.1, 0.15) is 27.2 Å². The van der Waals surface area contributed by atoms with Gasteiger partial charge in [-0.15, -0.1) is 6.42 Å². The van der Waals surface area contributed by atoms with E-state index in [0.717, 1.165) is 0 Å². The number of fused-ring (bicyclic) bond motifs is 1. The van der Waals surface area contributed by atoms with Gasteiger partial charge in [-0.2, -0.15) is 0 Å². The molecule has 2 heterocycles. The molecule has 0 spiro atoms. The van der Waals surface area contributed by atoms with E-state index in [1.54, 1.807) is 20.8 Å². The molecule has 2 aliphatic rings. The molecule has 4 atom stereocenters. The Morgan fingerprint density at radius 3 is 2.68 bits per heavy atom. The van der Waals surface area contributed by atoms with E-state index < -0.39 is 48.6 Å². The Morgan fingerprint density at radius 1 is 1.32 bits per heavy atom. The molecule has 7 nitrogen and oxygen atoms in total. The first kappa shape index (κ1) is 16.9. The van der Waals surface area contributed by atoms with Crippen LogP contribution in [0, 0.1) is 12.3 Å². The van der Waals surface area contributed by atoms with E-state index in [4.69, 9.17) is 30.1 Å². The Morgan fingerprint density at radius 2 is 2.05 bits per heavy atom. The number of Topliss-reactive ketones (excluding diaryl/α,β-unsaturated/α-hetero) is 1. The second-order valence-electron chi connectivity index (χ2n) is 5.45. The summed E-state index contributed by atoms with van der Waals surface area (Å²) in [4.78, 5) is 23.7. The zero-order valence-electron chi connectivity index (χ0n) is 12.9. The SMILES string of the molecule is C#CCO[C@@H]1[C@H]2OC(C)(C)O[C@H]2O[C@@H]1C(=O)CC(=O)OCC. The first-order valence-electron chi connectivity index (χ1n) is 7.12. The lowest BCUT2D eigenvalue weighted by Crippen LogP contribution is -2.41. The van der Waals surface area contributed by atoms with Crippen LogP contribution in [-0.4, -0.2) is 55.4 Å². The highest BCUT2D eigenvalue weighted by molar-refractivity contribution is 5.98. The number of ether oxygens (including phenoxy) is 5. The monoisotopic (exact) mass is 312 g/mol. The van der Waals surface area contributed by atoms with Crippen LogP contribution in [0.4, 0.5) is 0 Å². The molecule has 22 heavy (non-hydrogen) atoms. The summed E-state index contributed by atoms with van der Waals surface area (Å²) in [6.07, 6.45) is 1.82. The molecule has 2 rings (SSSR count). The maximum atomic E-state index is 12.2. The standard InChI is InChI=1S/C15H20O7/c1-5-7-19-12-11(9(16)8-10(17)18-6-2)20-14-13(12)21-15(3,4)22-14/h1,11-14H,6-8H2,2-4H3/t11-,12+,13-,14-/m1/s1. The van der Waals surface area contributed by atoms with Gasteiger partial charge in [-0.05, 0) is 20.8 Å². The van der Waals surface area contributed by atoms with Gasteiger partial charge in [0, 0.05) is 0 Å².